The van der Waals surface area contributed by atoms with Gasteiger partial charge in [0.2, 0.25) is 11.8 Å². The van der Waals surface area contributed by atoms with E-state index in [1.54, 1.807) is 11.9 Å². The van der Waals surface area contributed by atoms with Crippen LogP contribution >= 0.6 is 0 Å². The molecule has 1 aliphatic rings. The van der Waals surface area contributed by atoms with Crippen LogP contribution in [0.25, 0.3) is 0 Å². The number of hydrogen-bond donors (Lipinski definition) is 4. The highest BCUT2D eigenvalue weighted by Crippen LogP contribution is 2.27. The lowest BCUT2D eigenvalue weighted by Crippen LogP contribution is -2.51. The van der Waals surface area contributed by atoms with Crippen molar-refractivity contribution in [3.05, 3.63) is 0 Å². The fourth-order valence-electron chi connectivity index (χ4n) is 3.61. The van der Waals surface area contributed by atoms with E-state index >= 15 is 0 Å². The SMILES string of the molecule is CCOCCN(C)C(=O)CCC(CO)NC(=O)C(CC1CCCCC1)NC(=O)O. The van der Waals surface area contributed by atoms with Crippen molar-refractivity contribution < 1.29 is 29.3 Å². The van der Waals surface area contributed by atoms with Gasteiger partial charge in [-0.1, -0.05) is 32.1 Å². The van der Waals surface area contributed by atoms with Crippen molar-refractivity contribution in [2.24, 2.45) is 5.92 Å². The quantitative estimate of drug-likeness (QED) is 0.336. The molecule has 9 nitrogen and oxygen atoms in total. The van der Waals surface area contributed by atoms with E-state index in [4.69, 9.17) is 9.84 Å². The largest absolute Gasteiger partial charge is 0.465 e. The van der Waals surface area contributed by atoms with Crippen molar-refractivity contribution in [2.75, 3.05) is 33.4 Å². The summed E-state index contributed by atoms with van der Waals surface area (Å²) in [6.45, 7) is 3.10. The van der Waals surface area contributed by atoms with Gasteiger partial charge in [-0.2, -0.15) is 0 Å². The first-order chi connectivity index (χ1) is 13.9. The standard InChI is InChI=1S/C20H37N3O6/c1-3-29-12-11-23(2)18(25)10-9-16(14-24)21-19(26)17(22-20(27)28)13-15-7-5-4-6-8-15/h15-17,22,24H,3-14H2,1-2H3,(H,21,26)(H,27,28). The number of likely N-dealkylation sites (N-methyl/N-ethyl adjacent to an activating group) is 1. The molecule has 3 amide bonds. The van der Waals surface area contributed by atoms with Crippen molar-refractivity contribution >= 4 is 17.9 Å². The molecule has 29 heavy (non-hydrogen) atoms. The summed E-state index contributed by atoms with van der Waals surface area (Å²) in [5.41, 5.74) is 0. The predicted molar refractivity (Wildman–Crippen MR) is 109 cm³/mol. The second kappa shape index (κ2) is 14.2. The van der Waals surface area contributed by atoms with Gasteiger partial charge in [-0.3, -0.25) is 9.59 Å². The van der Waals surface area contributed by atoms with E-state index in [0.29, 0.717) is 32.1 Å². The van der Waals surface area contributed by atoms with Crippen LogP contribution in [0.4, 0.5) is 4.79 Å². The van der Waals surface area contributed by atoms with Crippen LogP contribution in [0.15, 0.2) is 0 Å². The van der Waals surface area contributed by atoms with Crippen LogP contribution in [0.5, 0.6) is 0 Å². The Morgan fingerprint density at radius 3 is 2.45 bits per heavy atom. The molecule has 1 rings (SSSR count). The number of carboxylic acid groups (broad SMARTS) is 1. The monoisotopic (exact) mass is 415 g/mol. The maximum atomic E-state index is 12.6. The topological polar surface area (TPSA) is 128 Å². The van der Waals surface area contributed by atoms with Crippen molar-refractivity contribution in [2.45, 2.75) is 70.4 Å². The number of nitrogens with one attached hydrogen (secondary N) is 2. The molecule has 0 spiro atoms. The highest BCUT2D eigenvalue weighted by atomic mass is 16.5. The lowest BCUT2D eigenvalue weighted by Gasteiger charge is -2.27. The van der Waals surface area contributed by atoms with Gasteiger partial charge in [0, 0.05) is 26.6 Å². The predicted octanol–water partition coefficient (Wildman–Crippen LogP) is 1.35. The number of aliphatic hydroxyl groups is 1. The summed E-state index contributed by atoms with van der Waals surface area (Å²) < 4.78 is 5.23. The molecule has 0 aliphatic heterocycles. The summed E-state index contributed by atoms with van der Waals surface area (Å²) in [6.07, 6.45) is 5.04. The Hall–Kier alpha value is -1.87. The molecule has 1 saturated carbocycles. The summed E-state index contributed by atoms with van der Waals surface area (Å²) in [5.74, 6) is -0.228. The highest BCUT2D eigenvalue weighted by Gasteiger charge is 2.27. The Morgan fingerprint density at radius 1 is 1.17 bits per heavy atom. The van der Waals surface area contributed by atoms with E-state index in [1.165, 1.54) is 6.42 Å². The lowest BCUT2D eigenvalue weighted by molar-refractivity contribution is -0.131. The molecule has 2 unspecified atom stereocenters. The minimum Gasteiger partial charge on any atom is -0.465 e. The fourth-order valence-corrected chi connectivity index (χ4v) is 3.61. The van der Waals surface area contributed by atoms with Crippen LogP contribution in [0.1, 0.15) is 58.3 Å². The fraction of sp³-hybridized carbons (Fsp3) is 0.850. The van der Waals surface area contributed by atoms with Gasteiger partial charge in [-0.15, -0.1) is 0 Å². The third-order valence-electron chi connectivity index (χ3n) is 5.38. The number of aliphatic hydroxyl groups excluding tert-OH is 1. The molecule has 0 radical (unpaired) electrons. The van der Waals surface area contributed by atoms with Crippen LogP contribution in [0, 0.1) is 5.92 Å². The number of hydrogen-bond acceptors (Lipinski definition) is 5. The van der Waals surface area contributed by atoms with Gasteiger partial charge in [-0.05, 0) is 25.7 Å². The summed E-state index contributed by atoms with van der Waals surface area (Å²) in [6, 6.07) is -1.45. The number of carbonyl (C=O) groups excluding carboxylic acids is 2. The van der Waals surface area contributed by atoms with Gasteiger partial charge in [0.1, 0.15) is 6.04 Å². The van der Waals surface area contributed by atoms with Crippen molar-refractivity contribution in [1.29, 1.82) is 0 Å². The second-order valence-electron chi connectivity index (χ2n) is 7.68. The minimum absolute atomic E-state index is 0.0974. The second-order valence-corrected chi connectivity index (χ2v) is 7.68. The molecule has 4 N–H and O–H groups in total. The first-order valence-electron chi connectivity index (χ1n) is 10.6. The van der Waals surface area contributed by atoms with E-state index in [2.05, 4.69) is 10.6 Å². The van der Waals surface area contributed by atoms with Gasteiger partial charge in [0.15, 0.2) is 0 Å². The zero-order chi connectivity index (χ0) is 21.6. The minimum atomic E-state index is -1.24. The van der Waals surface area contributed by atoms with Crippen LogP contribution < -0.4 is 10.6 Å². The van der Waals surface area contributed by atoms with E-state index in [0.717, 1.165) is 25.7 Å². The average molecular weight is 416 g/mol. The number of rotatable bonds is 13. The first kappa shape index (κ1) is 25.2. The molecular formula is C20H37N3O6. The van der Waals surface area contributed by atoms with E-state index < -0.39 is 24.1 Å². The van der Waals surface area contributed by atoms with Crippen molar-refractivity contribution in [3.8, 4) is 0 Å². The zero-order valence-electron chi connectivity index (χ0n) is 17.7. The van der Waals surface area contributed by atoms with Crippen molar-refractivity contribution in [3.63, 3.8) is 0 Å². The third-order valence-corrected chi connectivity index (χ3v) is 5.38. The number of amides is 3. The Kier molecular flexibility index (Phi) is 12.3. The van der Waals surface area contributed by atoms with Gasteiger partial charge in [0.25, 0.3) is 0 Å². The highest BCUT2D eigenvalue weighted by molar-refractivity contribution is 5.85. The van der Waals surface area contributed by atoms with Crippen molar-refractivity contribution in [1.82, 2.24) is 15.5 Å². The molecule has 2 atom stereocenters. The maximum Gasteiger partial charge on any atom is 0.405 e. The molecular weight excluding hydrogens is 378 g/mol. The Labute approximate surface area is 173 Å². The van der Waals surface area contributed by atoms with Gasteiger partial charge in [0.05, 0.1) is 19.3 Å². The average Bonchev–Trinajstić information content (AvgIpc) is 2.70. The third kappa shape index (κ3) is 10.5. The normalized spacial score (nSPS) is 16.7. The Balaban J connectivity index is 2.51. The molecule has 0 saturated heterocycles. The number of ether oxygens (including phenoxy) is 1. The van der Waals surface area contributed by atoms with E-state index in [1.807, 2.05) is 6.92 Å². The molecule has 0 aromatic rings. The molecule has 9 heteroatoms. The Morgan fingerprint density at radius 2 is 1.86 bits per heavy atom. The van der Waals surface area contributed by atoms with E-state index in [9.17, 15) is 19.5 Å². The molecule has 1 aliphatic carbocycles. The van der Waals surface area contributed by atoms with Crippen LogP contribution in [-0.2, 0) is 14.3 Å². The zero-order valence-corrected chi connectivity index (χ0v) is 17.7. The summed E-state index contributed by atoms with van der Waals surface area (Å²) in [7, 11) is 1.69. The smallest absolute Gasteiger partial charge is 0.405 e. The Bertz CT molecular complexity index is 510. The first-order valence-corrected chi connectivity index (χ1v) is 10.6. The van der Waals surface area contributed by atoms with Gasteiger partial charge in [-0.25, -0.2) is 4.79 Å². The van der Waals surface area contributed by atoms with Crippen LogP contribution in [0.3, 0.4) is 0 Å². The van der Waals surface area contributed by atoms with E-state index in [-0.39, 0.29) is 25.4 Å². The summed E-state index contributed by atoms with van der Waals surface area (Å²) >= 11 is 0. The maximum absolute atomic E-state index is 12.6. The molecule has 1 fully saturated rings. The number of nitrogens with zero attached hydrogens (tertiary/aromatic N) is 1. The summed E-state index contributed by atoms with van der Waals surface area (Å²) in [5, 5.41) is 23.7. The lowest BCUT2D eigenvalue weighted by atomic mass is 9.84. The summed E-state index contributed by atoms with van der Waals surface area (Å²) in [4.78, 5) is 37.5. The molecule has 0 heterocycles. The number of carbonyl (C=O) groups is 3. The molecule has 0 aromatic heterocycles. The van der Waals surface area contributed by atoms with Gasteiger partial charge < -0.3 is 30.5 Å². The van der Waals surface area contributed by atoms with Crippen LogP contribution in [-0.4, -0.2) is 78.5 Å². The molecule has 0 aromatic carbocycles. The molecule has 0 bridgehead atoms. The van der Waals surface area contributed by atoms with Crippen LogP contribution in [0.2, 0.25) is 0 Å². The molecule has 168 valence electrons. The van der Waals surface area contributed by atoms with Gasteiger partial charge >= 0.3 is 6.09 Å².